The van der Waals surface area contributed by atoms with Gasteiger partial charge in [0.15, 0.2) is 0 Å². The zero-order chi connectivity index (χ0) is 21.3. The fourth-order valence-corrected chi connectivity index (χ4v) is 3.57. The second-order valence-electron chi connectivity index (χ2n) is 7.79. The molecule has 0 aliphatic carbocycles. The van der Waals surface area contributed by atoms with Crippen LogP contribution < -0.4 is 5.32 Å². The first-order chi connectivity index (χ1) is 14.4. The minimum atomic E-state index is -0.309. The van der Waals surface area contributed by atoms with Gasteiger partial charge in [0, 0.05) is 16.8 Å². The highest BCUT2D eigenvalue weighted by Crippen LogP contribution is 2.26. The lowest BCUT2D eigenvalue weighted by Gasteiger charge is -2.20. The fourth-order valence-electron chi connectivity index (χ4n) is 3.57. The van der Waals surface area contributed by atoms with Gasteiger partial charge in [-0.15, -0.1) is 0 Å². The number of aromatic amines is 2. The van der Waals surface area contributed by atoms with Crippen molar-refractivity contribution in [3.63, 3.8) is 0 Å². The van der Waals surface area contributed by atoms with Crippen LogP contribution >= 0.6 is 0 Å². The number of aryl methyl sites for hydroxylation is 1. The van der Waals surface area contributed by atoms with Crippen molar-refractivity contribution in [3.8, 4) is 11.3 Å². The maximum absolute atomic E-state index is 13.3. The molecule has 0 unspecified atom stereocenters. The van der Waals surface area contributed by atoms with Crippen molar-refractivity contribution in [2.24, 2.45) is 5.92 Å². The van der Waals surface area contributed by atoms with E-state index in [-0.39, 0.29) is 30.1 Å². The Morgan fingerprint density at radius 3 is 2.57 bits per heavy atom. The zero-order valence-corrected chi connectivity index (χ0v) is 17.2. The number of amides is 1. The number of aromatic nitrogens is 4. The molecule has 2 aromatic carbocycles. The molecule has 6 nitrogen and oxygen atoms in total. The first kappa shape index (κ1) is 19.8. The highest BCUT2D eigenvalue weighted by Gasteiger charge is 2.23. The Bertz CT molecular complexity index is 1140. The van der Waals surface area contributed by atoms with E-state index in [0.717, 1.165) is 33.7 Å². The highest BCUT2D eigenvalue weighted by molar-refractivity contribution is 5.82. The number of nitrogens with zero attached hydrogens (tertiary/aromatic N) is 2. The predicted octanol–water partition coefficient (Wildman–Crippen LogP) is 4.46. The lowest BCUT2D eigenvalue weighted by atomic mass is 10.0. The first-order valence-electron chi connectivity index (χ1n) is 9.96. The average Bonchev–Trinajstić information content (AvgIpc) is 3.30. The molecule has 7 heteroatoms. The third-order valence-corrected chi connectivity index (χ3v) is 5.21. The van der Waals surface area contributed by atoms with Gasteiger partial charge in [0.25, 0.3) is 0 Å². The van der Waals surface area contributed by atoms with E-state index in [1.165, 1.54) is 12.1 Å². The number of hydrogen-bond acceptors (Lipinski definition) is 3. The second-order valence-corrected chi connectivity index (χ2v) is 7.79. The molecule has 1 amide bonds. The van der Waals surface area contributed by atoms with Crippen molar-refractivity contribution >= 4 is 16.9 Å². The van der Waals surface area contributed by atoms with Crippen LogP contribution in [0, 0.1) is 18.7 Å². The van der Waals surface area contributed by atoms with Gasteiger partial charge in [0.2, 0.25) is 5.91 Å². The maximum Gasteiger partial charge on any atom is 0.225 e. The van der Waals surface area contributed by atoms with Crippen LogP contribution in [0.2, 0.25) is 0 Å². The number of carbonyl (C=O) groups is 1. The largest absolute Gasteiger partial charge is 0.346 e. The van der Waals surface area contributed by atoms with Crippen LogP contribution in [0.5, 0.6) is 0 Å². The van der Waals surface area contributed by atoms with E-state index >= 15 is 0 Å². The van der Waals surface area contributed by atoms with Gasteiger partial charge in [0.1, 0.15) is 11.6 Å². The molecule has 0 spiro atoms. The Labute approximate surface area is 173 Å². The van der Waals surface area contributed by atoms with E-state index < -0.39 is 0 Å². The van der Waals surface area contributed by atoms with Crippen LogP contribution in [-0.2, 0) is 11.2 Å². The molecule has 30 heavy (non-hydrogen) atoms. The molecule has 2 heterocycles. The molecule has 0 aliphatic heterocycles. The quantitative estimate of drug-likeness (QED) is 0.443. The molecule has 4 aromatic rings. The predicted molar refractivity (Wildman–Crippen MR) is 114 cm³/mol. The van der Waals surface area contributed by atoms with Gasteiger partial charge in [-0.25, -0.2) is 9.37 Å². The summed E-state index contributed by atoms with van der Waals surface area (Å²) in [7, 11) is 0. The maximum atomic E-state index is 13.3. The smallest absolute Gasteiger partial charge is 0.225 e. The molecule has 4 rings (SSSR count). The Morgan fingerprint density at radius 1 is 1.13 bits per heavy atom. The summed E-state index contributed by atoms with van der Waals surface area (Å²) in [5.74, 6) is 0.455. The fraction of sp³-hybridized carbons (Fsp3) is 0.261. The van der Waals surface area contributed by atoms with Crippen molar-refractivity contribution in [1.29, 1.82) is 0 Å². The van der Waals surface area contributed by atoms with E-state index in [1.807, 2.05) is 45.0 Å². The number of hydrogen-bond donors (Lipinski definition) is 3. The van der Waals surface area contributed by atoms with Gasteiger partial charge in [-0.1, -0.05) is 26.0 Å². The zero-order valence-electron chi connectivity index (χ0n) is 17.2. The molecular formula is C23H24FN5O. The Balaban J connectivity index is 1.56. The minimum absolute atomic E-state index is 0.123. The van der Waals surface area contributed by atoms with E-state index in [4.69, 9.17) is 0 Å². The second kappa shape index (κ2) is 8.10. The summed E-state index contributed by atoms with van der Waals surface area (Å²) < 4.78 is 13.3. The summed E-state index contributed by atoms with van der Waals surface area (Å²) in [6.07, 6.45) is 0.165. The molecule has 0 aliphatic rings. The van der Waals surface area contributed by atoms with Crippen LogP contribution in [0.4, 0.5) is 4.39 Å². The molecule has 0 saturated carbocycles. The first-order valence-corrected chi connectivity index (χ1v) is 9.96. The van der Waals surface area contributed by atoms with E-state index in [2.05, 4.69) is 25.5 Å². The van der Waals surface area contributed by atoms with Crippen LogP contribution in [0.25, 0.3) is 22.3 Å². The van der Waals surface area contributed by atoms with Gasteiger partial charge in [-0.3, -0.25) is 9.89 Å². The van der Waals surface area contributed by atoms with Gasteiger partial charge >= 0.3 is 0 Å². The van der Waals surface area contributed by atoms with Gasteiger partial charge < -0.3 is 10.3 Å². The number of imidazole rings is 1. The molecule has 1 atom stereocenters. The number of para-hydroxylation sites is 2. The number of benzene rings is 2. The highest BCUT2D eigenvalue weighted by atomic mass is 19.1. The minimum Gasteiger partial charge on any atom is -0.346 e. The molecule has 0 fully saturated rings. The number of rotatable bonds is 6. The van der Waals surface area contributed by atoms with Gasteiger partial charge in [-0.2, -0.15) is 5.10 Å². The molecule has 3 N–H and O–H groups in total. The topological polar surface area (TPSA) is 86.5 Å². The van der Waals surface area contributed by atoms with E-state index in [0.29, 0.717) is 5.69 Å². The molecular weight excluding hydrogens is 381 g/mol. The summed E-state index contributed by atoms with van der Waals surface area (Å²) in [5, 5.41) is 10.4. The molecule has 0 saturated heterocycles. The summed E-state index contributed by atoms with van der Waals surface area (Å²) in [6.45, 7) is 5.97. The van der Waals surface area contributed by atoms with Crippen LogP contribution in [0.3, 0.4) is 0 Å². The van der Waals surface area contributed by atoms with Gasteiger partial charge in [-0.05, 0) is 49.2 Å². The average molecular weight is 405 g/mol. The summed E-state index contributed by atoms with van der Waals surface area (Å²) >= 11 is 0. The monoisotopic (exact) mass is 405 g/mol. The summed E-state index contributed by atoms with van der Waals surface area (Å²) in [5.41, 5.74) is 4.85. The number of fused-ring (bicyclic) bond motifs is 1. The third kappa shape index (κ3) is 3.96. The van der Waals surface area contributed by atoms with Crippen molar-refractivity contribution < 1.29 is 9.18 Å². The third-order valence-electron chi connectivity index (χ3n) is 5.21. The van der Waals surface area contributed by atoms with E-state index in [9.17, 15) is 9.18 Å². The molecule has 0 bridgehead atoms. The molecule has 154 valence electrons. The Morgan fingerprint density at radius 2 is 1.87 bits per heavy atom. The summed E-state index contributed by atoms with van der Waals surface area (Å²) in [6, 6.07) is 13.7. The lowest BCUT2D eigenvalue weighted by molar-refractivity contribution is -0.121. The van der Waals surface area contributed by atoms with Crippen molar-refractivity contribution in [2.45, 2.75) is 33.2 Å². The van der Waals surface area contributed by atoms with Crippen LogP contribution in [0.1, 0.15) is 37.0 Å². The Hall–Kier alpha value is -3.48. The number of halogens is 1. The number of H-pyrrole nitrogens is 2. The standard InChI is InChI=1S/C23H24FN5O/c1-13(2)21(23-25-18-6-4-5-7-19(18)26-23)27-20(30)12-17-14(3)28-29-22(17)15-8-10-16(24)11-9-15/h4-11,13,21H,12H2,1-3H3,(H,25,26)(H,27,30)(H,28,29)/t21-/m1/s1. The molecule has 0 radical (unpaired) electrons. The van der Waals surface area contributed by atoms with Crippen LogP contribution in [0.15, 0.2) is 48.5 Å². The van der Waals surface area contributed by atoms with Crippen molar-refractivity contribution in [3.05, 3.63) is 71.4 Å². The number of carbonyl (C=O) groups excluding carboxylic acids is 1. The van der Waals surface area contributed by atoms with Gasteiger partial charge in [0.05, 0.1) is 29.2 Å². The van der Waals surface area contributed by atoms with Crippen molar-refractivity contribution in [2.75, 3.05) is 0 Å². The van der Waals surface area contributed by atoms with E-state index in [1.54, 1.807) is 12.1 Å². The normalized spacial score (nSPS) is 12.4. The van der Waals surface area contributed by atoms with Crippen molar-refractivity contribution in [1.82, 2.24) is 25.5 Å². The number of nitrogens with one attached hydrogen (secondary N) is 3. The summed E-state index contributed by atoms with van der Waals surface area (Å²) in [4.78, 5) is 20.9. The lowest BCUT2D eigenvalue weighted by Crippen LogP contribution is -2.33. The Kier molecular flexibility index (Phi) is 5.35. The van der Waals surface area contributed by atoms with Crippen LogP contribution in [-0.4, -0.2) is 26.1 Å². The molecule has 2 aromatic heterocycles. The SMILES string of the molecule is Cc1[nH]nc(-c2ccc(F)cc2)c1CC(=O)N[C@@H](c1nc2ccccc2[nH]1)C(C)C.